The van der Waals surface area contributed by atoms with Gasteiger partial charge < -0.3 is 15.4 Å². The second-order valence-corrected chi connectivity index (χ2v) is 5.13. The van der Waals surface area contributed by atoms with Crippen molar-refractivity contribution in [3.63, 3.8) is 0 Å². The number of ether oxygens (including phenoxy) is 1. The van der Waals surface area contributed by atoms with Crippen LogP contribution in [0.4, 0.5) is 10.1 Å². The fraction of sp³-hybridized carbons (Fsp3) is 0.105. The van der Waals surface area contributed by atoms with Crippen molar-refractivity contribution in [2.75, 3.05) is 12.4 Å². The van der Waals surface area contributed by atoms with Gasteiger partial charge in [-0.05, 0) is 18.2 Å². The minimum atomic E-state index is -0.704. The van der Waals surface area contributed by atoms with E-state index in [2.05, 4.69) is 15.4 Å². The monoisotopic (exact) mass is 353 g/mol. The molecule has 0 atom stereocenters. The molecule has 0 fully saturated rings. The lowest BCUT2D eigenvalue weighted by atomic mass is 10.1. The van der Waals surface area contributed by atoms with Gasteiger partial charge in [0.1, 0.15) is 17.5 Å². The Kier molecular flexibility index (Phi) is 6.46. The average Bonchev–Trinajstić information content (AvgIpc) is 2.66. The maximum atomic E-state index is 13.5. The molecule has 0 unspecified atom stereocenters. The Morgan fingerprint density at radius 2 is 1.88 bits per heavy atom. The standard InChI is InChI=1S/C19H16FN3O3/c1-26-19(25)15-7-3-5-9-17(15)23-18(24)14(10-21)12-22-11-13-6-2-4-8-16(13)20/h2-9,12,22H,11H2,1H3,(H,23,24)/b14-12-. The smallest absolute Gasteiger partial charge is 0.339 e. The van der Waals surface area contributed by atoms with Gasteiger partial charge in [0.25, 0.3) is 5.91 Å². The van der Waals surface area contributed by atoms with Crippen molar-refractivity contribution < 1.29 is 18.7 Å². The molecule has 0 saturated heterocycles. The number of nitriles is 1. The number of hydrogen-bond acceptors (Lipinski definition) is 5. The number of amides is 1. The Balaban J connectivity index is 2.09. The molecule has 0 aliphatic carbocycles. The predicted octanol–water partition coefficient (Wildman–Crippen LogP) is 2.75. The summed E-state index contributed by atoms with van der Waals surface area (Å²) in [5, 5.41) is 14.4. The molecule has 2 aromatic carbocycles. The highest BCUT2D eigenvalue weighted by Gasteiger charge is 2.15. The van der Waals surface area contributed by atoms with Gasteiger partial charge in [-0.15, -0.1) is 0 Å². The Bertz CT molecular complexity index is 888. The molecule has 2 aromatic rings. The molecule has 0 bridgehead atoms. The molecule has 26 heavy (non-hydrogen) atoms. The van der Waals surface area contributed by atoms with Crippen LogP contribution < -0.4 is 10.6 Å². The van der Waals surface area contributed by atoms with Gasteiger partial charge in [0.15, 0.2) is 0 Å². The number of benzene rings is 2. The molecule has 6 nitrogen and oxygen atoms in total. The van der Waals surface area contributed by atoms with Crippen molar-refractivity contribution in [1.29, 1.82) is 5.26 Å². The number of esters is 1. The minimum Gasteiger partial charge on any atom is -0.465 e. The van der Waals surface area contributed by atoms with Gasteiger partial charge in [0.05, 0.1) is 18.4 Å². The van der Waals surface area contributed by atoms with Crippen LogP contribution >= 0.6 is 0 Å². The quantitative estimate of drug-likeness (QED) is 0.473. The number of methoxy groups -OCH3 is 1. The molecular weight excluding hydrogens is 337 g/mol. The zero-order chi connectivity index (χ0) is 18.9. The topological polar surface area (TPSA) is 91.2 Å². The summed E-state index contributed by atoms with van der Waals surface area (Å²) < 4.78 is 18.2. The molecule has 2 N–H and O–H groups in total. The van der Waals surface area contributed by atoms with Crippen LogP contribution in [-0.2, 0) is 16.1 Å². The second kappa shape index (κ2) is 8.99. The van der Waals surface area contributed by atoms with E-state index >= 15 is 0 Å². The van der Waals surface area contributed by atoms with Crippen LogP contribution in [-0.4, -0.2) is 19.0 Å². The van der Waals surface area contributed by atoms with Gasteiger partial charge >= 0.3 is 5.97 Å². The van der Waals surface area contributed by atoms with Crippen molar-refractivity contribution in [2.24, 2.45) is 0 Å². The minimum absolute atomic E-state index is 0.115. The van der Waals surface area contributed by atoms with Crippen LogP contribution in [0.5, 0.6) is 0 Å². The molecule has 0 aliphatic rings. The Hall–Kier alpha value is -3.66. The van der Waals surface area contributed by atoms with Crippen molar-refractivity contribution in [2.45, 2.75) is 6.54 Å². The number of anilines is 1. The lowest BCUT2D eigenvalue weighted by molar-refractivity contribution is -0.112. The van der Waals surface area contributed by atoms with E-state index in [9.17, 15) is 14.0 Å². The van der Waals surface area contributed by atoms with E-state index in [4.69, 9.17) is 5.26 Å². The Morgan fingerprint density at radius 1 is 1.19 bits per heavy atom. The van der Waals surface area contributed by atoms with E-state index in [-0.39, 0.29) is 29.2 Å². The first kappa shape index (κ1) is 18.7. The summed E-state index contributed by atoms with van der Waals surface area (Å²) in [5.41, 5.74) is 0.568. The highest BCUT2D eigenvalue weighted by Crippen LogP contribution is 2.16. The molecule has 2 rings (SSSR count). The summed E-state index contributed by atoms with van der Waals surface area (Å²) in [7, 11) is 1.23. The van der Waals surface area contributed by atoms with E-state index in [1.54, 1.807) is 36.4 Å². The average molecular weight is 353 g/mol. The number of para-hydroxylation sites is 1. The molecule has 0 radical (unpaired) electrons. The van der Waals surface area contributed by atoms with Crippen molar-refractivity contribution in [1.82, 2.24) is 5.32 Å². The molecule has 132 valence electrons. The first-order valence-corrected chi connectivity index (χ1v) is 7.62. The SMILES string of the molecule is COC(=O)c1ccccc1NC(=O)/C(C#N)=C\NCc1ccccc1F. The molecule has 0 aromatic heterocycles. The summed E-state index contributed by atoms with van der Waals surface area (Å²) in [4.78, 5) is 24.0. The fourth-order valence-electron chi connectivity index (χ4n) is 2.12. The van der Waals surface area contributed by atoms with Gasteiger partial charge in [0, 0.05) is 18.3 Å². The van der Waals surface area contributed by atoms with Gasteiger partial charge in [-0.25, -0.2) is 9.18 Å². The molecule has 7 heteroatoms. The van der Waals surface area contributed by atoms with Crippen molar-refractivity contribution in [3.05, 3.63) is 77.2 Å². The molecule has 0 saturated carbocycles. The Labute approximate surface area is 149 Å². The fourth-order valence-corrected chi connectivity index (χ4v) is 2.12. The van der Waals surface area contributed by atoms with Crippen LogP contribution in [0.15, 0.2) is 60.3 Å². The molecule has 0 heterocycles. The number of carbonyl (C=O) groups excluding carboxylic acids is 2. The van der Waals surface area contributed by atoms with E-state index < -0.39 is 11.9 Å². The van der Waals surface area contributed by atoms with Crippen LogP contribution in [0, 0.1) is 17.1 Å². The Morgan fingerprint density at radius 3 is 2.58 bits per heavy atom. The van der Waals surface area contributed by atoms with Crippen LogP contribution in [0.1, 0.15) is 15.9 Å². The highest BCUT2D eigenvalue weighted by atomic mass is 19.1. The third-order valence-electron chi connectivity index (χ3n) is 3.44. The van der Waals surface area contributed by atoms with Crippen molar-refractivity contribution in [3.8, 4) is 6.07 Å². The normalized spacial score (nSPS) is 10.6. The van der Waals surface area contributed by atoms with Crippen LogP contribution in [0.25, 0.3) is 0 Å². The van der Waals surface area contributed by atoms with E-state index in [0.29, 0.717) is 5.56 Å². The summed E-state index contributed by atoms with van der Waals surface area (Å²) in [6.45, 7) is 0.115. The molecule has 1 amide bonds. The molecular formula is C19H16FN3O3. The zero-order valence-corrected chi connectivity index (χ0v) is 14.0. The third-order valence-corrected chi connectivity index (χ3v) is 3.44. The van der Waals surface area contributed by atoms with Gasteiger partial charge in [-0.1, -0.05) is 30.3 Å². The summed E-state index contributed by atoms with van der Waals surface area (Å²) in [6, 6.07) is 14.2. The number of nitrogens with one attached hydrogen (secondary N) is 2. The maximum Gasteiger partial charge on any atom is 0.339 e. The second-order valence-electron chi connectivity index (χ2n) is 5.13. The highest BCUT2D eigenvalue weighted by molar-refractivity contribution is 6.09. The van der Waals surface area contributed by atoms with Gasteiger partial charge in [-0.3, -0.25) is 4.79 Å². The first-order valence-electron chi connectivity index (χ1n) is 7.62. The van der Waals surface area contributed by atoms with Gasteiger partial charge in [-0.2, -0.15) is 5.26 Å². The number of rotatable bonds is 6. The largest absolute Gasteiger partial charge is 0.465 e. The predicted molar refractivity (Wildman–Crippen MR) is 93.3 cm³/mol. The number of hydrogen-bond donors (Lipinski definition) is 2. The van der Waals surface area contributed by atoms with E-state index in [0.717, 1.165) is 0 Å². The summed E-state index contributed by atoms with van der Waals surface area (Å²) in [6.07, 6.45) is 1.20. The number of carbonyl (C=O) groups is 2. The molecule has 0 spiro atoms. The van der Waals surface area contributed by atoms with Crippen LogP contribution in [0.2, 0.25) is 0 Å². The summed E-state index contributed by atoms with van der Waals surface area (Å²) in [5.74, 6) is -1.70. The lowest BCUT2D eigenvalue weighted by Gasteiger charge is -2.09. The van der Waals surface area contributed by atoms with Crippen LogP contribution in [0.3, 0.4) is 0 Å². The number of nitrogens with zero attached hydrogens (tertiary/aromatic N) is 1. The number of halogens is 1. The zero-order valence-electron chi connectivity index (χ0n) is 14.0. The third kappa shape index (κ3) is 4.68. The van der Waals surface area contributed by atoms with Gasteiger partial charge in [0.2, 0.25) is 0 Å². The lowest BCUT2D eigenvalue weighted by Crippen LogP contribution is -2.18. The first-order chi connectivity index (χ1) is 12.6. The maximum absolute atomic E-state index is 13.5. The van der Waals surface area contributed by atoms with E-state index in [1.807, 2.05) is 0 Å². The molecule has 0 aliphatic heterocycles. The van der Waals surface area contributed by atoms with E-state index in [1.165, 1.54) is 31.5 Å². The summed E-state index contributed by atoms with van der Waals surface area (Å²) >= 11 is 0. The van der Waals surface area contributed by atoms with Crippen molar-refractivity contribution >= 4 is 17.6 Å².